The van der Waals surface area contributed by atoms with E-state index in [1.165, 1.54) is 17.0 Å². The van der Waals surface area contributed by atoms with Crippen molar-refractivity contribution in [3.8, 4) is 0 Å². The number of aryl methyl sites for hydroxylation is 2. The van der Waals surface area contributed by atoms with Crippen LogP contribution in [0.25, 0.3) is 0 Å². The van der Waals surface area contributed by atoms with Crippen LogP contribution in [-0.4, -0.2) is 83.3 Å². The van der Waals surface area contributed by atoms with Gasteiger partial charge in [-0.05, 0) is 76.0 Å². The Balaban J connectivity index is 1.57. The van der Waals surface area contributed by atoms with E-state index in [0.717, 1.165) is 11.3 Å². The van der Waals surface area contributed by atoms with Crippen LogP contribution in [0.5, 0.6) is 0 Å². The molecule has 0 radical (unpaired) electrons. The number of H-pyrrole nitrogens is 1. The number of carbonyl (C=O) groups excluding carboxylic acids is 3. The Morgan fingerprint density at radius 3 is 2.49 bits per heavy atom. The molecule has 2 N–H and O–H groups in total. The van der Waals surface area contributed by atoms with Gasteiger partial charge in [0, 0.05) is 38.3 Å². The van der Waals surface area contributed by atoms with Gasteiger partial charge in [-0.3, -0.25) is 14.5 Å². The van der Waals surface area contributed by atoms with Crippen LogP contribution in [-0.2, 0) is 11.2 Å². The minimum atomic E-state index is -1.16. The molecule has 4 rings (SSSR count). The summed E-state index contributed by atoms with van der Waals surface area (Å²) in [6, 6.07) is 7.71. The molecule has 0 aliphatic carbocycles. The fraction of sp³-hybridized carbons (Fsp3) is 0.500. The van der Waals surface area contributed by atoms with Crippen LogP contribution in [0.1, 0.15) is 40.2 Å². The summed E-state index contributed by atoms with van der Waals surface area (Å²) in [6.45, 7) is 5.62. The number of nitrogens with zero attached hydrogens (tertiary/aromatic N) is 3. The first-order chi connectivity index (χ1) is 16.6. The van der Waals surface area contributed by atoms with Crippen LogP contribution in [0.4, 0.5) is 9.18 Å². The summed E-state index contributed by atoms with van der Waals surface area (Å²) in [5.41, 5.74) is 1.93. The largest absolute Gasteiger partial charge is 0.354 e. The number of imide groups is 1. The third-order valence-corrected chi connectivity index (χ3v) is 7.19. The maximum atomic E-state index is 14.0. The molecule has 1 atom stereocenters. The van der Waals surface area contributed by atoms with Gasteiger partial charge < -0.3 is 20.1 Å². The van der Waals surface area contributed by atoms with Gasteiger partial charge in [-0.15, -0.1) is 0 Å². The van der Waals surface area contributed by atoms with Gasteiger partial charge >= 0.3 is 6.03 Å². The summed E-state index contributed by atoms with van der Waals surface area (Å²) < 4.78 is 14.0. The molecule has 2 aromatic rings. The van der Waals surface area contributed by atoms with Crippen molar-refractivity contribution in [2.45, 2.75) is 38.6 Å². The number of carbonyl (C=O) groups is 3. The Hall–Kier alpha value is -3.20. The average molecular weight is 484 g/mol. The lowest BCUT2D eigenvalue weighted by Crippen LogP contribution is -2.58. The van der Waals surface area contributed by atoms with Crippen LogP contribution in [0.15, 0.2) is 30.3 Å². The molecule has 1 aromatic carbocycles. The molecule has 2 aliphatic rings. The fourth-order valence-corrected chi connectivity index (χ4v) is 5.34. The zero-order chi connectivity index (χ0) is 25.3. The van der Waals surface area contributed by atoms with Crippen LogP contribution < -0.4 is 5.32 Å². The predicted molar refractivity (Wildman–Crippen MR) is 131 cm³/mol. The number of urea groups is 1. The van der Waals surface area contributed by atoms with E-state index >= 15 is 0 Å². The summed E-state index contributed by atoms with van der Waals surface area (Å²) in [7, 11) is 3.77. The van der Waals surface area contributed by atoms with E-state index in [4.69, 9.17) is 0 Å². The Morgan fingerprint density at radius 1 is 1.17 bits per heavy atom. The molecule has 1 unspecified atom stereocenters. The van der Waals surface area contributed by atoms with Crippen molar-refractivity contribution < 1.29 is 18.8 Å². The molecule has 0 spiro atoms. The van der Waals surface area contributed by atoms with Crippen molar-refractivity contribution >= 4 is 17.8 Å². The van der Waals surface area contributed by atoms with Crippen molar-refractivity contribution in [3.05, 3.63) is 58.7 Å². The molecule has 1 aromatic heterocycles. The minimum absolute atomic E-state index is 0.0531. The molecule has 2 aliphatic heterocycles. The summed E-state index contributed by atoms with van der Waals surface area (Å²) in [5, 5.41) is 3.00. The van der Waals surface area contributed by atoms with E-state index in [9.17, 15) is 18.8 Å². The van der Waals surface area contributed by atoms with Crippen LogP contribution in [0, 0.1) is 25.6 Å². The second-order valence-corrected chi connectivity index (χ2v) is 10.0. The van der Waals surface area contributed by atoms with Gasteiger partial charge in [-0.1, -0.05) is 12.1 Å². The zero-order valence-electron chi connectivity index (χ0n) is 20.9. The number of nitrogens with one attached hydrogen (secondary N) is 2. The molecule has 35 heavy (non-hydrogen) atoms. The number of rotatable bonds is 7. The molecule has 188 valence electrons. The van der Waals surface area contributed by atoms with E-state index in [2.05, 4.69) is 10.3 Å². The number of likely N-dealkylation sites (tertiary alicyclic amines) is 1. The summed E-state index contributed by atoms with van der Waals surface area (Å²) in [6.07, 6.45) is 1.34. The minimum Gasteiger partial charge on any atom is -0.354 e. The van der Waals surface area contributed by atoms with Gasteiger partial charge in [0.05, 0.1) is 0 Å². The maximum absolute atomic E-state index is 14.0. The highest BCUT2D eigenvalue weighted by Crippen LogP contribution is 2.37. The molecular formula is C26H34FN5O3. The monoisotopic (exact) mass is 483 g/mol. The Labute approximate surface area is 205 Å². The summed E-state index contributed by atoms with van der Waals surface area (Å²) in [5.74, 6) is -0.880. The molecule has 8 nitrogen and oxygen atoms in total. The second-order valence-electron chi connectivity index (χ2n) is 10.0. The number of hydrogen-bond donors (Lipinski definition) is 2. The number of likely N-dealkylation sites (N-methyl/N-ethyl adjacent to an activating group) is 1. The number of benzene rings is 1. The third kappa shape index (κ3) is 4.96. The molecule has 2 fully saturated rings. The topological polar surface area (TPSA) is 88.8 Å². The van der Waals surface area contributed by atoms with Gasteiger partial charge in [0.2, 0.25) is 0 Å². The van der Waals surface area contributed by atoms with Crippen molar-refractivity contribution in [2.24, 2.45) is 5.92 Å². The van der Waals surface area contributed by atoms with Crippen molar-refractivity contribution in [3.63, 3.8) is 0 Å². The quantitative estimate of drug-likeness (QED) is 0.593. The molecule has 9 heteroatoms. The highest BCUT2D eigenvalue weighted by Gasteiger charge is 2.56. The number of piperidine rings is 1. The van der Waals surface area contributed by atoms with E-state index in [1.54, 1.807) is 17.0 Å². The lowest BCUT2D eigenvalue weighted by molar-refractivity contribution is -0.134. The standard InChI is InChI=1S/C26H34FN5O3/c1-17-14-18(2)28-22(17)23(33)31-10-8-20(9-11-31)26(16-19-6-5-7-21(27)15-19)24(34)32(25(35)29-26)13-12-30(3)4/h5-7,14-15,20,28H,8-13,16H2,1-4H3,(H,29,35). The average Bonchev–Trinajstić information content (AvgIpc) is 3.27. The lowest BCUT2D eigenvalue weighted by atomic mass is 9.74. The van der Waals surface area contributed by atoms with Crippen LogP contribution >= 0.6 is 0 Å². The Kier molecular flexibility index (Phi) is 6.98. The first-order valence-electron chi connectivity index (χ1n) is 12.1. The van der Waals surface area contributed by atoms with Gasteiger partial charge in [0.15, 0.2) is 0 Å². The number of aromatic nitrogens is 1. The molecule has 0 bridgehead atoms. The second kappa shape index (κ2) is 9.81. The SMILES string of the molecule is Cc1cc(C)c(C(=O)N2CCC(C3(Cc4cccc(F)c4)NC(=O)N(CCN(C)C)C3=O)CC2)[nH]1. The van der Waals surface area contributed by atoms with Gasteiger partial charge in [-0.25, -0.2) is 9.18 Å². The lowest BCUT2D eigenvalue weighted by Gasteiger charge is -2.41. The fourth-order valence-electron chi connectivity index (χ4n) is 5.34. The Bertz CT molecular complexity index is 1120. The van der Waals surface area contributed by atoms with E-state index < -0.39 is 11.6 Å². The normalized spacial score (nSPS) is 21.2. The maximum Gasteiger partial charge on any atom is 0.325 e. The highest BCUT2D eigenvalue weighted by molar-refractivity contribution is 6.07. The number of amides is 4. The molecule has 2 saturated heterocycles. The Morgan fingerprint density at radius 2 is 1.89 bits per heavy atom. The van der Waals surface area contributed by atoms with Crippen molar-refractivity contribution in [1.29, 1.82) is 0 Å². The van der Waals surface area contributed by atoms with Gasteiger partial charge in [-0.2, -0.15) is 0 Å². The van der Waals surface area contributed by atoms with E-state index in [1.807, 2.05) is 38.9 Å². The van der Waals surface area contributed by atoms with Crippen molar-refractivity contribution in [2.75, 3.05) is 40.3 Å². The summed E-state index contributed by atoms with van der Waals surface area (Å²) in [4.78, 5) is 47.9. The number of halogens is 1. The van der Waals surface area contributed by atoms with E-state index in [-0.39, 0.29) is 36.5 Å². The first kappa shape index (κ1) is 24.9. The summed E-state index contributed by atoms with van der Waals surface area (Å²) >= 11 is 0. The van der Waals surface area contributed by atoms with E-state index in [0.29, 0.717) is 43.7 Å². The molecular weight excluding hydrogens is 449 g/mol. The van der Waals surface area contributed by atoms with Gasteiger partial charge in [0.25, 0.3) is 11.8 Å². The first-order valence-corrected chi connectivity index (χ1v) is 12.1. The van der Waals surface area contributed by atoms with Crippen LogP contribution in [0.2, 0.25) is 0 Å². The number of aromatic amines is 1. The highest BCUT2D eigenvalue weighted by atomic mass is 19.1. The van der Waals surface area contributed by atoms with Crippen molar-refractivity contribution in [1.82, 2.24) is 25.0 Å². The molecule has 3 heterocycles. The van der Waals surface area contributed by atoms with Gasteiger partial charge in [0.1, 0.15) is 17.1 Å². The third-order valence-electron chi connectivity index (χ3n) is 7.19. The smallest absolute Gasteiger partial charge is 0.325 e. The zero-order valence-corrected chi connectivity index (χ0v) is 20.9. The molecule has 4 amide bonds. The van der Waals surface area contributed by atoms with Crippen LogP contribution in [0.3, 0.4) is 0 Å². The molecule has 0 saturated carbocycles. The predicted octanol–water partition coefficient (Wildman–Crippen LogP) is 2.72. The number of hydrogen-bond acceptors (Lipinski definition) is 4.